The molecule has 24 heavy (non-hydrogen) atoms. The van der Waals surface area contributed by atoms with E-state index in [0.29, 0.717) is 0 Å². The van der Waals surface area contributed by atoms with Crippen molar-refractivity contribution < 1.29 is 15.0 Å². The molecule has 1 N–H and O–H groups in total. The van der Waals surface area contributed by atoms with Gasteiger partial charge in [0.15, 0.2) is 0 Å². The van der Waals surface area contributed by atoms with Crippen molar-refractivity contribution in [1.82, 2.24) is 9.55 Å². The molecule has 0 unspecified atom stereocenters. The van der Waals surface area contributed by atoms with Gasteiger partial charge in [0.25, 0.3) is 5.09 Å². The molecule has 1 heterocycles. The fourth-order valence-electron chi connectivity index (χ4n) is 2.05. The number of ether oxygens (including phenoxy) is 1. The standard InChI is InChI=1S/C16H19BrN2O.HNO3/c1-16(2,3)14(10-19-8-7-18-11-19)13-9-12(17)5-6-15(13)20-4;2-1(3)4/h5-11H,1-4H3;(H,2,3,4)/b14-10-;. The first kappa shape index (κ1) is 19.7. The number of imidazole rings is 1. The van der Waals surface area contributed by atoms with Crippen LogP contribution >= 0.6 is 15.9 Å². The van der Waals surface area contributed by atoms with Crippen molar-refractivity contribution in [2.75, 3.05) is 7.11 Å². The third-order valence-corrected chi connectivity index (χ3v) is 3.56. The summed E-state index contributed by atoms with van der Waals surface area (Å²) in [5.74, 6) is 0.870. The predicted octanol–water partition coefficient (Wildman–Crippen LogP) is 4.35. The maximum absolute atomic E-state index is 8.36. The fourth-order valence-corrected chi connectivity index (χ4v) is 2.41. The Hall–Kier alpha value is -2.35. The highest BCUT2D eigenvalue weighted by Crippen LogP contribution is 2.40. The summed E-state index contributed by atoms with van der Waals surface area (Å²) in [7, 11) is 1.70. The second kappa shape index (κ2) is 8.49. The van der Waals surface area contributed by atoms with E-state index in [1.807, 2.05) is 22.9 Å². The number of rotatable bonds is 3. The maximum atomic E-state index is 8.36. The Morgan fingerprint density at radius 3 is 2.54 bits per heavy atom. The quantitative estimate of drug-likeness (QED) is 0.613. The minimum absolute atomic E-state index is 0.0155. The minimum atomic E-state index is -1.50. The van der Waals surface area contributed by atoms with Gasteiger partial charge in [-0.1, -0.05) is 36.7 Å². The number of halogens is 1. The molecule has 0 atom stereocenters. The molecule has 0 aliphatic heterocycles. The van der Waals surface area contributed by atoms with Crippen LogP contribution in [-0.4, -0.2) is 27.0 Å². The van der Waals surface area contributed by atoms with Gasteiger partial charge in [0.1, 0.15) is 5.75 Å². The third-order valence-electron chi connectivity index (χ3n) is 3.06. The molecule has 130 valence electrons. The lowest BCUT2D eigenvalue weighted by Crippen LogP contribution is -2.10. The molecule has 0 spiro atoms. The van der Waals surface area contributed by atoms with Gasteiger partial charge in [-0.25, -0.2) is 4.98 Å². The summed E-state index contributed by atoms with van der Waals surface area (Å²) in [6.45, 7) is 6.57. The van der Waals surface area contributed by atoms with Gasteiger partial charge in [0.2, 0.25) is 0 Å². The van der Waals surface area contributed by atoms with Crippen LogP contribution in [0.1, 0.15) is 26.3 Å². The molecular weight excluding hydrogens is 378 g/mol. The van der Waals surface area contributed by atoms with E-state index in [4.69, 9.17) is 20.1 Å². The Labute approximate surface area is 148 Å². The summed E-state index contributed by atoms with van der Waals surface area (Å²) in [4.78, 5) is 12.5. The molecular formula is C16H20BrN3O4. The third kappa shape index (κ3) is 6.04. The van der Waals surface area contributed by atoms with Crippen molar-refractivity contribution in [1.29, 1.82) is 0 Å². The van der Waals surface area contributed by atoms with Gasteiger partial charge in [0.05, 0.1) is 13.4 Å². The van der Waals surface area contributed by atoms with E-state index in [-0.39, 0.29) is 5.41 Å². The smallest absolute Gasteiger partial charge is 0.291 e. The van der Waals surface area contributed by atoms with E-state index in [1.54, 1.807) is 19.6 Å². The SMILES string of the molecule is COc1ccc(Br)cc1/C(=C/n1ccnc1)C(C)(C)C.O=[N+]([O-])O. The molecule has 0 amide bonds. The van der Waals surface area contributed by atoms with Crippen molar-refractivity contribution >= 4 is 27.7 Å². The van der Waals surface area contributed by atoms with Crippen LogP contribution in [0.3, 0.4) is 0 Å². The average molecular weight is 398 g/mol. The molecule has 8 heteroatoms. The van der Waals surface area contributed by atoms with E-state index in [0.717, 1.165) is 15.8 Å². The van der Waals surface area contributed by atoms with E-state index >= 15 is 0 Å². The molecule has 7 nitrogen and oxygen atoms in total. The number of hydrogen-bond donors (Lipinski definition) is 1. The Kier molecular flexibility index (Phi) is 6.97. The highest BCUT2D eigenvalue weighted by Gasteiger charge is 2.22. The number of allylic oxidation sites excluding steroid dienone is 1. The van der Waals surface area contributed by atoms with Crippen molar-refractivity contribution in [3.05, 3.63) is 57.1 Å². The number of methoxy groups -OCH3 is 1. The summed E-state index contributed by atoms with van der Waals surface area (Å²) in [5, 5.41) is 13.6. The molecule has 1 aromatic heterocycles. The largest absolute Gasteiger partial charge is 0.496 e. The average Bonchev–Trinajstić information content (AvgIpc) is 2.96. The predicted molar refractivity (Wildman–Crippen MR) is 95.3 cm³/mol. The van der Waals surface area contributed by atoms with Gasteiger partial charge in [-0.2, -0.15) is 0 Å². The molecule has 0 aliphatic rings. The Morgan fingerprint density at radius 2 is 2.08 bits per heavy atom. The zero-order valence-electron chi connectivity index (χ0n) is 13.9. The van der Waals surface area contributed by atoms with E-state index in [2.05, 4.69) is 54.0 Å². The maximum Gasteiger partial charge on any atom is 0.291 e. The van der Waals surface area contributed by atoms with E-state index in [1.165, 1.54) is 5.57 Å². The summed E-state index contributed by atoms with van der Waals surface area (Å²) in [6, 6.07) is 6.06. The number of nitrogens with zero attached hydrogens (tertiary/aromatic N) is 3. The van der Waals surface area contributed by atoms with Crippen LogP contribution in [0.2, 0.25) is 0 Å². The van der Waals surface area contributed by atoms with Crippen molar-refractivity contribution in [3.8, 4) is 5.75 Å². The Morgan fingerprint density at radius 1 is 1.46 bits per heavy atom. The summed E-state index contributed by atoms with van der Waals surface area (Å²) in [6.07, 6.45) is 7.58. The van der Waals surface area contributed by atoms with Crippen LogP contribution in [0.15, 0.2) is 41.4 Å². The first-order chi connectivity index (χ1) is 11.1. The lowest BCUT2D eigenvalue weighted by atomic mass is 9.82. The lowest BCUT2D eigenvalue weighted by Gasteiger charge is -2.25. The van der Waals surface area contributed by atoms with E-state index < -0.39 is 5.09 Å². The number of benzene rings is 1. The summed E-state index contributed by atoms with van der Waals surface area (Å²) < 4.78 is 8.50. The van der Waals surface area contributed by atoms with Crippen LogP contribution in [0.5, 0.6) is 5.75 Å². The van der Waals surface area contributed by atoms with Gasteiger partial charge in [-0.05, 0) is 29.2 Å². The first-order valence-electron chi connectivity index (χ1n) is 7.02. The summed E-state index contributed by atoms with van der Waals surface area (Å²) in [5.41, 5.74) is 2.26. The van der Waals surface area contributed by atoms with Gasteiger partial charge in [-0.15, -0.1) is 10.1 Å². The van der Waals surface area contributed by atoms with Crippen LogP contribution in [0, 0.1) is 15.5 Å². The monoisotopic (exact) mass is 397 g/mol. The van der Waals surface area contributed by atoms with Crippen LogP contribution in [-0.2, 0) is 0 Å². The molecule has 0 aliphatic carbocycles. The number of hydrogen-bond acceptors (Lipinski definition) is 4. The van der Waals surface area contributed by atoms with Crippen molar-refractivity contribution in [3.63, 3.8) is 0 Å². The van der Waals surface area contributed by atoms with Gasteiger partial charge in [0, 0.05) is 28.6 Å². The van der Waals surface area contributed by atoms with Crippen molar-refractivity contribution in [2.24, 2.45) is 5.41 Å². The zero-order chi connectivity index (χ0) is 18.3. The van der Waals surface area contributed by atoms with Crippen LogP contribution in [0.4, 0.5) is 0 Å². The van der Waals surface area contributed by atoms with Crippen LogP contribution in [0.25, 0.3) is 11.8 Å². The van der Waals surface area contributed by atoms with Crippen molar-refractivity contribution in [2.45, 2.75) is 20.8 Å². The molecule has 0 saturated heterocycles. The molecule has 0 fully saturated rings. The highest BCUT2D eigenvalue weighted by atomic mass is 79.9. The van der Waals surface area contributed by atoms with Crippen LogP contribution < -0.4 is 4.74 Å². The van der Waals surface area contributed by atoms with Gasteiger partial charge < -0.3 is 14.5 Å². The van der Waals surface area contributed by atoms with E-state index in [9.17, 15) is 0 Å². The molecule has 2 aromatic rings. The lowest BCUT2D eigenvalue weighted by molar-refractivity contribution is -0.742. The normalized spacial score (nSPS) is 11.5. The second-order valence-corrected chi connectivity index (χ2v) is 6.80. The molecule has 0 saturated carbocycles. The Bertz CT molecular complexity index is 703. The Balaban J connectivity index is 0.000000648. The second-order valence-electron chi connectivity index (χ2n) is 5.89. The first-order valence-corrected chi connectivity index (χ1v) is 7.81. The topological polar surface area (TPSA) is 90.4 Å². The molecule has 2 rings (SSSR count). The highest BCUT2D eigenvalue weighted by molar-refractivity contribution is 9.10. The number of aromatic nitrogens is 2. The zero-order valence-corrected chi connectivity index (χ0v) is 15.5. The molecule has 0 bridgehead atoms. The minimum Gasteiger partial charge on any atom is -0.496 e. The van der Waals surface area contributed by atoms with Gasteiger partial charge >= 0.3 is 0 Å². The van der Waals surface area contributed by atoms with Gasteiger partial charge in [-0.3, -0.25) is 0 Å². The molecule has 1 aromatic carbocycles. The fraction of sp³-hybridized carbons (Fsp3) is 0.312. The summed E-state index contributed by atoms with van der Waals surface area (Å²) >= 11 is 3.54. The molecule has 0 radical (unpaired) electrons.